The van der Waals surface area contributed by atoms with Crippen molar-refractivity contribution in [1.82, 2.24) is 9.97 Å². The first-order chi connectivity index (χ1) is 7.75. The lowest BCUT2D eigenvalue weighted by atomic mass is 9.80. The van der Waals surface area contributed by atoms with Gasteiger partial charge in [0, 0.05) is 18.1 Å². The summed E-state index contributed by atoms with van der Waals surface area (Å²) in [5.74, 6) is 0.744. The number of aromatic amines is 1. The van der Waals surface area contributed by atoms with Crippen molar-refractivity contribution in [2.24, 2.45) is 0 Å². The van der Waals surface area contributed by atoms with Crippen molar-refractivity contribution in [3.05, 3.63) is 42.2 Å². The molecule has 3 N–H and O–H groups in total. The minimum Gasteiger partial charge on any atom is -0.423 e. The van der Waals surface area contributed by atoms with Crippen molar-refractivity contribution in [1.29, 1.82) is 0 Å². The predicted molar refractivity (Wildman–Crippen MR) is 64.4 cm³/mol. The van der Waals surface area contributed by atoms with Gasteiger partial charge in [-0.2, -0.15) is 0 Å². The number of nitrogens with one attached hydrogen (secondary N) is 1. The smallest absolute Gasteiger partial charge is 0.423 e. The first kappa shape index (κ1) is 11.3. The average molecular weight is 234 g/mol. The van der Waals surface area contributed by atoms with E-state index in [-0.39, 0.29) is 0 Å². The van der Waals surface area contributed by atoms with Crippen LogP contribution in [0.2, 0.25) is 0 Å². The van der Waals surface area contributed by atoms with E-state index in [1.807, 2.05) is 12.1 Å². The number of aromatic nitrogens is 2. The number of rotatable bonds is 4. The van der Waals surface area contributed by atoms with E-state index in [0.29, 0.717) is 5.46 Å². The molecule has 16 heavy (non-hydrogen) atoms. The standard InChI is InChI=1S/C10H11BN2O2S/c14-11(15)9-3-1-2-8(6-9)7-16-10-12-4-5-13-10/h1-6,14-15H,7H2,(H,12,13). The molecule has 4 nitrogen and oxygen atoms in total. The van der Waals surface area contributed by atoms with Crippen molar-refractivity contribution >= 4 is 24.3 Å². The van der Waals surface area contributed by atoms with Gasteiger partial charge in [0.15, 0.2) is 5.16 Å². The third-order valence-electron chi connectivity index (χ3n) is 2.10. The lowest BCUT2D eigenvalue weighted by Crippen LogP contribution is -2.29. The van der Waals surface area contributed by atoms with Gasteiger partial charge in [0.05, 0.1) is 0 Å². The van der Waals surface area contributed by atoms with Gasteiger partial charge in [-0.05, 0) is 11.0 Å². The molecule has 0 fully saturated rings. The minimum absolute atomic E-state index is 0.512. The molecule has 1 aromatic carbocycles. The van der Waals surface area contributed by atoms with Crippen molar-refractivity contribution in [2.75, 3.05) is 0 Å². The van der Waals surface area contributed by atoms with E-state index in [0.717, 1.165) is 16.5 Å². The normalized spacial score (nSPS) is 10.4. The fourth-order valence-corrected chi connectivity index (χ4v) is 2.09. The Kier molecular flexibility index (Phi) is 3.66. The fraction of sp³-hybridized carbons (Fsp3) is 0.100. The number of H-pyrrole nitrogens is 1. The fourth-order valence-electron chi connectivity index (χ4n) is 1.32. The molecule has 6 heteroatoms. The van der Waals surface area contributed by atoms with Gasteiger partial charge in [-0.15, -0.1) is 0 Å². The summed E-state index contributed by atoms with van der Waals surface area (Å²) in [6, 6.07) is 7.22. The minimum atomic E-state index is -1.41. The van der Waals surface area contributed by atoms with Crippen LogP contribution in [0.3, 0.4) is 0 Å². The molecule has 0 saturated carbocycles. The van der Waals surface area contributed by atoms with Gasteiger partial charge in [-0.25, -0.2) is 4.98 Å². The summed E-state index contributed by atoms with van der Waals surface area (Å²) in [5.41, 5.74) is 1.55. The predicted octanol–water partition coefficient (Wildman–Crippen LogP) is 0.382. The Balaban J connectivity index is 2.01. The van der Waals surface area contributed by atoms with Crippen molar-refractivity contribution in [2.45, 2.75) is 10.9 Å². The molecule has 0 atom stereocenters. The van der Waals surface area contributed by atoms with Crippen LogP contribution in [0.25, 0.3) is 0 Å². The molecule has 1 aromatic heterocycles. The molecule has 0 amide bonds. The summed E-state index contributed by atoms with van der Waals surface area (Å²) in [7, 11) is -1.41. The van der Waals surface area contributed by atoms with E-state index in [2.05, 4.69) is 9.97 Å². The molecule has 0 spiro atoms. The largest absolute Gasteiger partial charge is 0.488 e. The Morgan fingerprint density at radius 3 is 2.94 bits per heavy atom. The summed E-state index contributed by atoms with van der Waals surface area (Å²) >= 11 is 1.57. The highest BCUT2D eigenvalue weighted by atomic mass is 32.2. The highest BCUT2D eigenvalue weighted by Gasteiger charge is 2.10. The maximum Gasteiger partial charge on any atom is 0.488 e. The van der Waals surface area contributed by atoms with Crippen LogP contribution in [0, 0.1) is 0 Å². The maximum atomic E-state index is 9.03. The summed E-state index contributed by atoms with van der Waals surface area (Å²) in [6.45, 7) is 0. The van der Waals surface area contributed by atoms with Crippen LogP contribution < -0.4 is 5.46 Å². The second-order valence-electron chi connectivity index (χ2n) is 3.30. The Hall–Kier alpha value is -1.24. The number of hydrogen-bond acceptors (Lipinski definition) is 4. The van der Waals surface area contributed by atoms with E-state index in [4.69, 9.17) is 10.0 Å². The van der Waals surface area contributed by atoms with Crippen LogP contribution >= 0.6 is 11.8 Å². The molecule has 1 heterocycles. The Morgan fingerprint density at radius 2 is 2.25 bits per heavy atom. The summed E-state index contributed by atoms with van der Waals surface area (Å²) in [4.78, 5) is 7.10. The molecule has 2 rings (SSSR count). The van der Waals surface area contributed by atoms with Gasteiger partial charge in [0.2, 0.25) is 0 Å². The van der Waals surface area contributed by atoms with Crippen LogP contribution in [0.4, 0.5) is 0 Å². The molecular weight excluding hydrogens is 223 g/mol. The van der Waals surface area contributed by atoms with Gasteiger partial charge < -0.3 is 15.0 Å². The summed E-state index contributed by atoms with van der Waals surface area (Å²) in [5, 5.41) is 18.9. The van der Waals surface area contributed by atoms with Crippen LogP contribution in [0.1, 0.15) is 5.56 Å². The molecule has 0 radical (unpaired) electrons. The van der Waals surface area contributed by atoms with Gasteiger partial charge in [0.1, 0.15) is 0 Å². The van der Waals surface area contributed by atoms with Gasteiger partial charge in [-0.1, -0.05) is 36.0 Å². The van der Waals surface area contributed by atoms with Gasteiger partial charge in [0.25, 0.3) is 0 Å². The Morgan fingerprint density at radius 1 is 1.38 bits per heavy atom. The number of thioether (sulfide) groups is 1. The molecule has 82 valence electrons. The third kappa shape index (κ3) is 2.88. The first-order valence-electron chi connectivity index (χ1n) is 4.83. The lowest BCUT2D eigenvalue weighted by Gasteiger charge is -2.03. The monoisotopic (exact) mass is 234 g/mol. The van der Waals surface area contributed by atoms with E-state index in [9.17, 15) is 0 Å². The Labute approximate surface area is 97.9 Å². The van der Waals surface area contributed by atoms with E-state index in [1.54, 1.807) is 36.3 Å². The SMILES string of the molecule is OB(O)c1cccc(CSc2ncc[nH]2)c1. The molecule has 2 aromatic rings. The zero-order valence-electron chi connectivity index (χ0n) is 8.50. The van der Waals surface area contributed by atoms with Crippen LogP contribution in [-0.2, 0) is 5.75 Å². The topological polar surface area (TPSA) is 69.1 Å². The van der Waals surface area contributed by atoms with Crippen molar-refractivity contribution in [3.8, 4) is 0 Å². The molecule has 0 aliphatic carbocycles. The van der Waals surface area contributed by atoms with E-state index < -0.39 is 7.12 Å². The molecule has 0 saturated heterocycles. The zero-order chi connectivity index (χ0) is 11.4. The van der Waals surface area contributed by atoms with Crippen molar-refractivity contribution in [3.63, 3.8) is 0 Å². The first-order valence-corrected chi connectivity index (χ1v) is 5.81. The highest BCUT2D eigenvalue weighted by Crippen LogP contribution is 2.17. The number of nitrogens with zero attached hydrogens (tertiary/aromatic N) is 1. The number of benzene rings is 1. The zero-order valence-corrected chi connectivity index (χ0v) is 9.31. The van der Waals surface area contributed by atoms with E-state index >= 15 is 0 Å². The lowest BCUT2D eigenvalue weighted by molar-refractivity contribution is 0.425. The average Bonchev–Trinajstić information content (AvgIpc) is 2.79. The van der Waals surface area contributed by atoms with Crippen molar-refractivity contribution < 1.29 is 10.0 Å². The number of imidazole rings is 1. The third-order valence-corrected chi connectivity index (χ3v) is 3.07. The quantitative estimate of drug-likeness (QED) is 0.528. The second kappa shape index (κ2) is 5.20. The van der Waals surface area contributed by atoms with Crippen LogP contribution in [0.15, 0.2) is 41.8 Å². The summed E-state index contributed by atoms with van der Waals surface area (Å²) < 4.78 is 0. The molecule has 0 aliphatic heterocycles. The Bertz CT molecular complexity index is 448. The second-order valence-corrected chi connectivity index (χ2v) is 4.27. The van der Waals surface area contributed by atoms with Gasteiger partial charge in [-0.3, -0.25) is 0 Å². The summed E-state index contributed by atoms with van der Waals surface area (Å²) in [6.07, 6.45) is 3.48. The maximum absolute atomic E-state index is 9.03. The molecule has 0 aliphatic rings. The van der Waals surface area contributed by atoms with E-state index in [1.165, 1.54) is 0 Å². The van der Waals surface area contributed by atoms with Crippen LogP contribution in [0.5, 0.6) is 0 Å². The molecular formula is C10H11BN2O2S. The number of hydrogen-bond donors (Lipinski definition) is 3. The molecule has 0 unspecified atom stereocenters. The van der Waals surface area contributed by atoms with Crippen LogP contribution in [-0.4, -0.2) is 27.1 Å². The molecule has 0 bridgehead atoms. The van der Waals surface area contributed by atoms with Gasteiger partial charge >= 0.3 is 7.12 Å². The highest BCUT2D eigenvalue weighted by molar-refractivity contribution is 7.98.